The van der Waals surface area contributed by atoms with Gasteiger partial charge in [0.05, 0.1) is 23.9 Å². The van der Waals surface area contributed by atoms with Gasteiger partial charge in [0, 0.05) is 13.0 Å². The normalized spacial score (nSPS) is 23.1. The molecular formula is C15H18N2O2. The molecule has 0 N–H and O–H groups in total. The Morgan fingerprint density at radius 1 is 1.32 bits per heavy atom. The third kappa shape index (κ3) is 2.06. The van der Waals surface area contributed by atoms with Crippen molar-refractivity contribution < 1.29 is 9.53 Å². The largest absolute Gasteiger partial charge is 0.381 e. The molecule has 0 radical (unpaired) electrons. The Morgan fingerprint density at radius 3 is 3.00 bits per heavy atom. The lowest BCUT2D eigenvalue weighted by Crippen LogP contribution is -2.28. The third-order valence-corrected chi connectivity index (χ3v) is 4.00. The SMILES string of the molecule is Cc1cccc(N2N=C3CCOCCC3C2=O)c1C. The van der Waals surface area contributed by atoms with Crippen LogP contribution in [0.1, 0.15) is 24.0 Å². The van der Waals surface area contributed by atoms with E-state index < -0.39 is 0 Å². The molecule has 19 heavy (non-hydrogen) atoms. The highest BCUT2D eigenvalue weighted by Crippen LogP contribution is 2.31. The van der Waals surface area contributed by atoms with Crippen LogP contribution in [-0.4, -0.2) is 24.8 Å². The number of nitrogens with zero attached hydrogens (tertiary/aromatic N) is 2. The lowest BCUT2D eigenvalue weighted by molar-refractivity contribution is -0.120. The molecule has 4 heteroatoms. The van der Waals surface area contributed by atoms with E-state index in [4.69, 9.17) is 4.74 Å². The fraction of sp³-hybridized carbons (Fsp3) is 0.467. The molecule has 4 nitrogen and oxygen atoms in total. The number of benzene rings is 1. The summed E-state index contributed by atoms with van der Waals surface area (Å²) in [6.07, 6.45) is 1.51. The van der Waals surface area contributed by atoms with Crippen molar-refractivity contribution in [2.45, 2.75) is 26.7 Å². The number of carbonyl (C=O) groups is 1. The number of carbonyl (C=O) groups excluding carboxylic acids is 1. The number of hydrogen-bond acceptors (Lipinski definition) is 3. The summed E-state index contributed by atoms with van der Waals surface area (Å²) in [5.41, 5.74) is 4.18. The van der Waals surface area contributed by atoms with Crippen molar-refractivity contribution in [1.29, 1.82) is 0 Å². The minimum absolute atomic E-state index is 0.0811. The molecule has 0 spiro atoms. The van der Waals surface area contributed by atoms with E-state index in [-0.39, 0.29) is 11.8 Å². The van der Waals surface area contributed by atoms with Crippen molar-refractivity contribution in [3.05, 3.63) is 29.3 Å². The fourth-order valence-corrected chi connectivity index (χ4v) is 2.67. The van der Waals surface area contributed by atoms with Gasteiger partial charge < -0.3 is 4.74 Å². The quantitative estimate of drug-likeness (QED) is 0.776. The molecular weight excluding hydrogens is 240 g/mol. The molecule has 0 bridgehead atoms. The molecule has 3 rings (SSSR count). The number of ether oxygens (including phenoxy) is 1. The Balaban J connectivity index is 1.98. The van der Waals surface area contributed by atoms with E-state index in [1.165, 1.54) is 5.56 Å². The monoisotopic (exact) mass is 258 g/mol. The first kappa shape index (κ1) is 12.4. The van der Waals surface area contributed by atoms with Crippen molar-refractivity contribution in [2.24, 2.45) is 11.0 Å². The first-order chi connectivity index (χ1) is 9.18. The topological polar surface area (TPSA) is 41.9 Å². The van der Waals surface area contributed by atoms with E-state index in [1.54, 1.807) is 5.01 Å². The summed E-state index contributed by atoms with van der Waals surface area (Å²) < 4.78 is 5.41. The summed E-state index contributed by atoms with van der Waals surface area (Å²) in [6.45, 7) is 5.41. The Bertz CT molecular complexity index is 551. The molecule has 2 aliphatic heterocycles. The molecule has 1 saturated heterocycles. The number of hydrazone groups is 1. The molecule has 2 heterocycles. The van der Waals surface area contributed by atoms with Gasteiger partial charge in [-0.15, -0.1) is 0 Å². The molecule has 1 aromatic rings. The van der Waals surface area contributed by atoms with Crippen LogP contribution in [0.4, 0.5) is 5.69 Å². The summed E-state index contributed by atoms with van der Waals surface area (Å²) in [7, 11) is 0. The second kappa shape index (κ2) is 4.78. The molecule has 1 aromatic carbocycles. The molecule has 100 valence electrons. The van der Waals surface area contributed by atoms with Gasteiger partial charge in [0.1, 0.15) is 0 Å². The Hall–Kier alpha value is -1.68. The number of hydrogen-bond donors (Lipinski definition) is 0. The maximum Gasteiger partial charge on any atom is 0.256 e. The highest BCUT2D eigenvalue weighted by atomic mass is 16.5. The van der Waals surface area contributed by atoms with Gasteiger partial charge in [-0.1, -0.05) is 12.1 Å². The average Bonchev–Trinajstić information content (AvgIpc) is 2.60. The second-order valence-electron chi connectivity index (χ2n) is 5.16. The standard InChI is InChI=1S/C15H18N2O2/c1-10-4-3-5-14(11(10)2)17-15(18)12-6-8-19-9-7-13(12)16-17/h3-5,12H,6-9H2,1-2H3. The highest BCUT2D eigenvalue weighted by molar-refractivity contribution is 6.15. The summed E-state index contributed by atoms with van der Waals surface area (Å²) in [6, 6.07) is 5.99. The van der Waals surface area contributed by atoms with Gasteiger partial charge in [-0.25, -0.2) is 0 Å². The zero-order chi connectivity index (χ0) is 13.4. The summed E-state index contributed by atoms with van der Waals surface area (Å²) >= 11 is 0. The van der Waals surface area contributed by atoms with E-state index in [0.717, 1.165) is 29.8 Å². The molecule has 1 atom stereocenters. The predicted octanol–water partition coefficient (Wildman–Crippen LogP) is 2.43. The second-order valence-corrected chi connectivity index (χ2v) is 5.16. The molecule has 0 aromatic heterocycles. The predicted molar refractivity (Wildman–Crippen MR) is 74.4 cm³/mol. The lowest BCUT2D eigenvalue weighted by atomic mass is 9.98. The van der Waals surface area contributed by atoms with Gasteiger partial charge in [-0.2, -0.15) is 10.1 Å². The average molecular weight is 258 g/mol. The van der Waals surface area contributed by atoms with Gasteiger partial charge in [0.25, 0.3) is 5.91 Å². The van der Waals surface area contributed by atoms with Crippen LogP contribution in [0, 0.1) is 19.8 Å². The van der Waals surface area contributed by atoms with Crippen LogP contribution in [0.15, 0.2) is 23.3 Å². The van der Waals surface area contributed by atoms with Crippen molar-refractivity contribution in [3.8, 4) is 0 Å². The number of amides is 1. The van der Waals surface area contributed by atoms with Gasteiger partial charge in [-0.05, 0) is 37.5 Å². The number of aryl methyl sites for hydroxylation is 1. The minimum Gasteiger partial charge on any atom is -0.381 e. The zero-order valence-corrected chi connectivity index (χ0v) is 11.3. The van der Waals surface area contributed by atoms with Crippen molar-refractivity contribution in [1.82, 2.24) is 0 Å². The van der Waals surface area contributed by atoms with E-state index in [1.807, 2.05) is 19.1 Å². The molecule has 0 saturated carbocycles. The lowest BCUT2D eigenvalue weighted by Gasteiger charge is -2.17. The molecule has 1 unspecified atom stereocenters. The molecule has 0 aliphatic carbocycles. The maximum absolute atomic E-state index is 12.5. The van der Waals surface area contributed by atoms with Crippen LogP contribution in [-0.2, 0) is 9.53 Å². The van der Waals surface area contributed by atoms with E-state index in [0.29, 0.717) is 13.2 Å². The van der Waals surface area contributed by atoms with Crippen LogP contribution in [0.2, 0.25) is 0 Å². The van der Waals surface area contributed by atoms with Crippen LogP contribution in [0.5, 0.6) is 0 Å². The van der Waals surface area contributed by atoms with E-state index >= 15 is 0 Å². The van der Waals surface area contributed by atoms with E-state index in [9.17, 15) is 4.79 Å². The van der Waals surface area contributed by atoms with Gasteiger partial charge >= 0.3 is 0 Å². The van der Waals surface area contributed by atoms with Gasteiger partial charge in [0.15, 0.2) is 0 Å². The van der Waals surface area contributed by atoms with Crippen molar-refractivity contribution >= 4 is 17.3 Å². The van der Waals surface area contributed by atoms with Crippen LogP contribution < -0.4 is 5.01 Å². The Kier molecular flexibility index (Phi) is 3.11. The first-order valence-corrected chi connectivity index (χ1v) is 6.74. The smallest absolute Gasteiger partial charge is 0.256 e. The molecule has 2 aliphatic rings. The number of anilines is 1. The summed E-state index contributed by atoms with van der Waals surface area (Å²) in [5.74, 6) is 0.0108. The number of fused-ring (bicyclic) bond motifs is 1. The summed E-state index contributed by atoms with van der Waals surface area (Å²) in [4.78, 5) is 12.5. The fourth-order valence-electron chi connectivity index (χ4n) is 2.67. The third-order valence-electron chi connectivity index (χ3n) is 4.00. The minimum atomic E-state index is -0.0811. The van der Waals surface area contributed by atoms with Crippen LogP contribution >= 0.6 is 0 Å². The molecule has 1 amide bonds. The Morgan fingerprint density at radius 2 is 2.16 bits per heavy atom. The van der Waals surface area contributed by atoms with Crippen molar-refractivity contribution in [2.75, 3.05) is 18.2 Å². The summed E-state index contributed by atoms with van der Waals surface area (Å²) in [5, 5.41) is 6.13. The van der Waals surface area contributed by atoms with E-state index in [2.05, 4.69) is 18.1 Å². The van der Waals surface area contributed by atoms with Gasteiger partial charge in [0.2, 0.25) is 0 Å². The van der Waals surface area contributed by atoms with Crippen molar-refractivity contribution in [3.63, 3.8) is 0 Å². The first-order valence-electron chi connectivity index (χ1n) is 6.74. The zero-order valence-electron chi connectivity index (χ0n) is 11.3. The van der Waals surface area contributed by atoms with Crippen LogP contribution in [0.25, 0.3) is 0 Å². The Labute approximate surface area is 113 Å². The molecule has 1 fully saturated rings. The maximum atomic E-state index is 12.5. The number of rotatable bonds is 1. The van der Waals surface area contributed by atoms with Crippen LogP contribution in [0.3, 0.4) is 0 Å². The highest BCUT2D eigenvalue weighted by Gasteiger charge is 2.37. The van der Waals surface area contributed by atoms with Gasteiger partial charge in [-0.3, -0.25) is 4.79 Å².